The lowest BCUT2D eigenvalue weighted by Crippen LogP contribution is -2.30. The van der Waals surface area contributed by atoms with Crippen molar-refractivity contribution in [2.75, 3.05) is 13.2 Å². The van der Waals surface area contributed by atoms with Crippen molar-refractivity contribution in [3.63, 3.8) is 0 Å². The van der Waals surface area contributed by atoms with Crippen molar-refractivity contribution < 1.29 is 28.6 Å². The highest BCUT2D eigenvalue weighted by Gasteiger charge is 2.19. The minimum absolute atomic E-state index is 0.101. The predicted molar refractivity (Wildman–Crippen MR) is 330 cm³/mol. The Balaban J connectivity index is 4.34. The minimum atomic E-state index is -0.811. The summed E-state index contributed by atoms with van der Waals surface area (Å²) in [6.07, 6.45) is 85.8. The minimum Gasteiger partial charge on any atom is -0.462 e. The first-order chi connectivity index (χ1) is 37.5. The molecule has 436 valence electrons. The van der Waals surface area contributed by atoms with Crippen LogP contribution in [0, 0.1) is 0 Å². The average Bonchev–Trinajstić information content (AvgIpc) is 3.42. The smallest absolute Gasteiger partial charge is 0.306 e. The first-order valence-electron chi connectivity index (χ1n) is 32.2. The van der Waals surface area contributed by atoms with E-state index in [2.05, 4.69) is 112 Å². The summed E-state index contributed by atoms with van der Waals surface area (Å²) in [5.41, 5.74) is 0. The Labute approximate surface area is 470 Å². The van der Waals surface area contributed by atoms with Crippen LogP contribution in [0.15, 0.2) is 97.2 Å². The summed E-state index contributed by atoms with van der Waals surface area (Å²) in [5.74, 6) is -0.984. The maximum absolute atomic E-state index is 12.9. The molecule has 0 heterocycles. The monoisotopic (exact) mass is 1060 g/mol. The van der Waals surface area contributed by atoms with Crippen molar-refractivity contribution in [1.82, 2.24) is 0 Å². The molecule has 0 aliphatic carbocycles. The zero-order valence-electron chi connectivity index (χ0n) is 50.0. The van der Waals surface area contributed by atoms with E-state index in [1.807, 2.05) is 6.08 Å². The highest BCUT2D eigenvalue weighted by Crippen LogP contribution is 2.17. The van der Waals surface area contributed by atoms with Gasteiger partial charge in [-0.25, -0.2) is 0 Å². The van der Waals surface area contributed by atoms with Gasteiger partial charge in [0, 0.05) is 19.3 Å². The maximum atomic E-state index is 12.9. The standard InChI is InChI=1S/C70H120O6/c1-4-7-10-13-16-19-22-25-27-29-31-33-34-35-37-38-40-42-45-48-51-54-57-60-63-69(72)75-66-67(65-74-68(71)62-59-56-53-50-47-44-24-21-18-15-12-9-6-3)76-70(73)64-61-58-55-52-49-46-43-41-39-36-32-30-28-26-23-20-17-14-11-8-5-2/h8-9,11-12,17-18,20-21,26,28,32,36,44,47,53,56,67H,4-7,10,13-16,19,22-25,27,29-31,33-35,37-43,45-46,48-52,54-55,57-66H2,1-3H3/b11-8-,12-9-,20-17-,21-18-,28-26-,36-32-,47-44-,56-53-. The molecule has 0 rings (SSSR count). The fourth-order valence-corrected chi connectivity index (χ4v) is 9.10. The molecule has 0 aromatic carbocycles. The van der Waals surface area contributed by atoms with E-state index in [0.29, 0.717) is 19.3 Å². The predicted octanol–water partition coefficient (Wildman–Crippen LogP) is 22.0. The van der Waals surface area contributed by atoms with Crippen LogP contribution in [0.4, 0.5) is 0 Å². The Bertz CT molecular complexity index is 1490. The van der Waals surface area contributed by atoms with Gasteiger partial charge in [0.15, 0.2) is 6.10 Å². The lowest BCUT2D eigenvalue weighted by molar-refractivity contribution is -0.166. The molecule has 0 amide bonds. The highest BCUT2D eigenvalue weighted by molar-refractivity contribution is 5.71. The number of allylic oxidation sites excluding steroid dienone is 16. The first-order valence-corrected chi connectivity index (χ1v) is 32.2. The lowest BCUT2D eigenvalue weighted by Gasteiger charge is -2.18. The summed E-state index contributed by atoms with van der Waals surface area (Å²) >= 11 is 0. The summed E-state index contributed by atoms with van der Waals surface area (Å²) in [6, 6.07) is 0. The van der Waals surface area contributed by atoms with Crippen LogP contribution in [-0.2, 0) is 28.6 Å². The zero-order chi connectivity index (χ0) is 55.0. The van der Waals surface area contributed by atoms with E-state index in [9.17, 15) is 14.4 Å². The number of carbonyl (C=O) groups is 3. The van der Waals surface area contributed by atoms with E-state index < -0.39 is 6.10 Å². The van der Waals surface area contributed by atoms with Gasteiger partial charge in [-0.3, -0.25) is 14.4 Å². The summed E-state index contributed by atoms with van der Waals surface area (Å²) in [4.78, 5) is 38.3. The molecule has 6 nitrogen and oxygen atoms in total. The van der Waals surface area contributed by atoms with E-state index >= 15 is 0 Å². The number of carbonyl (C=O) groups excluding carboxylic acids is 3. The molecule has 0 N–H and O–H groups in total. The van der Waals surface area contributed by atoms with Crippen molar-refractivity contribution in [2.45, 2.75) is 316 Å². The number of esters is 3. The maximum Gasteiger partial charge on any atom is 0.306 e. The van der Waals surface area contributed by atoms with Crippen LogP contribution in [-0.4, -0.2) is 37.2 Å². The van der Waals surface area contributed by atoms with E-state index in [1.54, 1.807) is 0 Å². The molecule has 0 radical (unpaired) electrons. The molecule has 76 heavy (non-hydrogen) atoms. The van der Waals surface area contributed by atoms with E-state index in [0.717, 1.165) is 96.3 Å². The number of ether oxygens (including phenoxy) is 3. The normalized spacial score (nSPS) is 12.7. The fraction of sp³-hybridized carbons (Fsp3) is 0.729. The third-order valence-electron chi connectivity index (χ3n) is 13.8. The van der Waals surface area contributed by atoms with Gasteiger partial charge in [0.25, 0.3) is 0 Å². The van der Waals surface area contributed by atoms with Gasteiger partial charge in [-0.15, -0.1) is 0 Å². The van der Waals surface area contributed by atoms with Crippen LogP contribution < -0.4 is 0 Å². The Kier molecular flexibility index (Phi) is 60.8. The molecule has 6 heteroatoms. The molecule has 0 aliphatic heterocycles. The van der Waals surface area contributed by atoms with E-state index in [1.165, 1.54) is 167 Å². The largest absolute Gasteiger partial charge is 0.462 e. The van der Waals surface area contributed by atoms with Gasteiger partial charge in [0.2, 0.25) is 0 Å². The van der Waals surface area contributed by atoms with Crippen LogP contribution in [0.5, 0.6) is 0 Å². The molecule has 0 saturated carbocycles. The number of hydrogen-bond acceptors (Lipinski definition) is 6. The topological polar surface area (TPSA) is 78.9 Å². The Morgan fingerprint density at radius 2 is 0.539 bits per heavy atom. The van der Waals surface area contributed by atoms with Gasteiger partial charge in [0.05, 0.1) is 0 Å². The molecule has 0 aromatic rings. The van der Waals surface area contributed by atoms with Gasteiger partial charge in [-0.05, 0) is 83.5 Å². The molecule has 0 aromatic heterocycles. The number of rotatable bonds is 58. The lowest BCUT2D eigenvalue weighted by atomic mass is 10.0. The van der Waals surface area contributed by atoms with Crippen LogP contribution >= 0.6 is 0 Å². The summed E-state index contributed by atoms with van der Waals surface area (Å²) < 4.78 is 16.8. The summed E-state index contributed by atoms with van der Waals surface area (Å²) in [7, 11) is 0. The van der Waals surface area contributed by atoms with Crippen molar-refractivity contribution in [2.24, 2.45) is 0 Å². The second-order valence-electron chi connectivity index (χ2n) is 21.3. The van der Waals surface area contributed by atoms with Gasteiger partial charge >= 0.3 is 17.9 Å². The van der Waals surface area contributed by atoms with Gasteiger partial charge < -0.3 is 14.2 Å². The number of unbranched alkanes of at least 4 members (excludes halogenated alkanes) is 31. The Morgan fingerprint density at radius 3 is 0.882 bits per heavy atom. The average molecular weight is 1060 g/mol. The van der Waals surface area contributed by atoms with Crippen LogP contribution in [0.25, 0.3) is 0 Å². The van der Waals surface area contributed by atoms with Crippen LogP contribution in [0.3, 0.4) is 0 Å². The molecular formula is C70H120O6. The van der Waals surface area contributed by atoms with Crippen molar-refractivity contribution in [3.8, 4) is 0 Å². The summed E-state index contributed by atoms with van der Waals surface area (Å²) in [5, 5.41) is 0. The third kappa shape index (κ3) is 61.2. The molecule has 0 saturated heterocycles. The van der Waals surface area contributed by atoms with Crippen LogP contribution in [0.1, 0.15) is 310 Å². The molecular weight excluding hydrogens is 937 g/mol. The third-order valence-corrected chi connectivity index (χ3v) is 13.8. The summed E-state index contributed by atoms with van der Waals surface area (Å²) in [6.45, 7) is 6.38. The highest BCUT2D eigenvalue weighted by atomic mass is 16.6. The van der Waals surface area contributed by atoms with Crippen molar-refractivity contribution in [3.05, 3.63) is 97.2 Å². The molecule has 1 atom stereocenters. The quantitative estimate of drug-likeness (QED) is 0.0261. The molecule has 0 aliphatic rings. The van der Waals surface area contributed by atoms with Gasteiger partial charge in [-0.2, -0.15) is 0 Å². The zero-order valence-corrected chi connectivity index (χ0v) is 50.0. The van der Waals surface area contributed by atoms with Crippen LogP contribution in [0.2, 0.25) is 0 Å². The van der Waals surface area contributed by atoms with Gasteiger partial charge in [0.1, 0.15) is 13.2 Å². The SMILES string of the molecule is CC/C=C\C/C=C\C/C=C\C/C=C\CCCCCCCCCCC(=O)OC(COC(=O)CC/C=C\C/C=C\C/C=C\C/C=C\CC)COC(=O)CCCCCCCCCCCCCCCCCCCCCCCCCC. The fourth-order valence-electron chi connectivity index (χ4n) is 9.10. The van der Waals surface area contributed by atoms with Crippen molar-refractivity contribution in [1.29, 1.82) is 0 Å². The first kappa shape index (κ1) is 72.3. The van der Waals surface area contributed by atoms with Crippen molar-refractivity contribution >= 4 is 17.9 Å². The molecule has 0 fully saturated rings. The second-order valence-corrected chi connectivity index (χ2v) is 21.3. The molecule has 1 unspecified atom stereocenters. The van der Waals surface area contributed by atoms with E-state index in [4.69, 9.17) is 14.2 Å². The Hall–Kier alpha value is -3.67. The second kappa shape index (κ2) is 63.9. The molecule has 0 bridgehead atoms. The number of hydrogen-bond donors (Lipinski definition) is 0. The molecule has 0 spiro atoms. The Morgan fingerprint density at radius 1 is 0.276 bits per heavy atom. The van der Waals surface area contributed by atoms with E-state index in [-0.39, 0.29) is 37.5 Å². The van der Waals surface area contributed by atoms with Gasteiger partial charge in [-0.1, -0.05) is 304 Å².